The zero-order chi connectivity index (χ0) is 17.1. The van der Waals surface area contributed by atoms with Gasteiger partial charge >= 0.3 is 12.1 Å². The highest BCUT2D eigenvalue weighted by Crippen LogP contribution is 2.16. The molecule has 0 fully saturated rings. The molecule has 1 aromatic rings. The zero-order valence-electron chi connectivity index (χ0n) is 13.2. The molecule has 23 heavy (non-hydrogen) atoms. The SMILES string of the molecule is C=CCC(N)(CCCCNC(=O)OCc1ccccc1)C(=O)O. The molecular formula is C17H24N2O4. The average molecular weight is 320 g/mol. The molecule has 0 aromatic heterocycles. The Morgan fingerprint density at radius 1 is 1.30 bits per heavy atom. The molecule has 0 saturated heterocycles. The maximum Gasteiger partial charge on any atom is 0.407 e. The number of nitrogens with two attached hydrogens (primary N) is 1. The molecule has 1 atom stereocenters. The van der Waals surface area contributed by atoms with Crippen molar-refractivity contribution in [2.45, 2.75) is 37.8 Å². The van der Waals surface area contributed by atoms with Gasteiger partial charge in [-0.15, -0.1) is 6.58 Å². The third-order valence-corrected chi connectivity index (χ3v) is 3.47. The van der Waals surface area contributed by atoms with Crippen molar-refractivity contribution in [2.24, 2.45) is 5.73 Å². The summed E-state index contributed by atoms with van der Waals surface area (Å²) in [6, 6.07) is 9.40. The third-order valence-electron chi connectivity index (χ3n) is 3.47. The standard InChI is InChI=1S/C17H24N2O4/c1-2-10-17(18,15(20)21)11-6-7-12-19-16(22)23-13-14-8-4-3-5-9-14/h2-5,8-9H,1,6-7,10-13,18H2,(H,19,22)(H,20,21). The van der Waals surface area contributed by atoms with Crippen LogP contribution in [0.5, 0.6) is 0 Å². The van der Waals surface area contributed by atoms with Crippen LogP contribution in [-0.2, 0) is 16.1 Å². The van der Waals surface area contributed by atoms with Crippen LogP contribution in [0.3, 0.4) is 0 Å². The number of nitrogens with one attached hydrogen (secondary N) is 1. The molecule has 1 rings (SSSR count). The van der Waals surface area contributed by atoms with Crippen LogP contribution < -0.4 is 11.1 Å². The van der Waals surface area contributed by atoms with Gasteiger partial charge in [0.15, 0.2) is 0 Å². The number of amides is 1. The lowest BCUT2D eigenvalue weighted by Gasteiger charge is -2.22. The van der Waals surface area contributed by atoms with E-state index >= 15 is 0 Å². The molecule has 0 saturated carbocycles. The second kappa shape index (κ2) is 9.63. The van der Waals surface area contributed by atoms with Gasteiger partial charge in [-0.05, 0) is 31.2 Å². The van der Waals surface area contributed by atoms with E-state index in [4.69, 9.17) is 15.6 Å². The van der Waals surface area contributed by atoms with Crippen LogP contribution in [0.1, 0.15) is 31.2 Å². The molecule has 6 heteroatoms. The molecule has 1 unspecified atom stereocenters. The number of aliphatic carboxylic acids is 1. The van der Waals surface area contributed by atoms with Gasteiger partial charge < -0.3 is 20.9 Å². The fourth-order valence-corrected chi connectivity index (χ4v) is 2.08. The maximum atomic E-state index is 11.5. The number of hydrogen-bond acceptors (Lipinski definition) is 4. The van der Waals surface area contributed by atoms with Gasteiger partial charge in [0.05, 0.1) is 0 Å². The molecule has 0 bridgehead atoms. The number of hydrogen-bond donors (Lipinski definition) is 3. The molecule has 1 amide bonds. The number of rotatable bonds is 10. The highest BCUT2D eigenvalue weighted by Gasteiger charge is 2.31. The summed E-state index contributed by atoms with van der Waals surface area (Å²) in [6.07, 6.45) is 2.79. The summed E-state index contributed by atoms with van der Waals surface area (Å²) in [4.78, 5) is 22.7. The Hall–Kier alpha value is -2.34. The largest absolute Gasteiger partial charge is 0.480 e. The summed E-state index contributed by atoms with van der Waals surface area (Å²) in [5.41, 5.74) is 5.46. The van der Waals surface area contributed by atoms with Crippen molar-refractivity contribution in [3.63, 3.8) is 0 Å². The van der Waals surface area contributed by atoms with Crippen molar-refractivity contribution >= 4 is 12.1 Å². The van der Waals surface area contributed by atoms with E-state index in [1.165, 1.54) is 6.08 Å². The molecule has 0 aliphatic rings. The average Bonchev–Trinajstić information content (AvgIpc) is 2.53. The van der Waals surface area contributed by atoms with Crippen LogP contribution in [0.4, 0.5) is 4.79 Å². The second-order valence-electron chi connectivity index (χ2n) is 5.40. The van der Waals surface area contributed by atoms with E-state index in [0.29, 0.717) is 25.8 Å². The molecule has 6 nitrogen and oxygen atoms in total. The van der Waals surface area contributed by atoms with Gasteiger partial charge in [-0.1, -0.05) is 36.4 Å². The lowest BCUT2D eigenvalue weighted by atomic mass is 9.90. The van der Waals surface area contributed by atoms with Crippen LogP contribution in [0.25, 0.3) is 0 Å². The minimum atomic E-state index is -1.28. The minimum absolute atomic E-state index is 0.217. The Labute approximate surface area is 136 Å². The topological polar surface area (TPSA) is 102 Å². The number of benzene rings is 1. The third kappa shape index (κ3) is 6.97. The lowest BCUT2D eigenvalue weighted by Crippen LogP contribution is -2.47. The van der Waals surface area contributed by atoms with Crippen LogP contribution in [0.2, 0.25) is 0 Å². The molecule has 0 aliphatic carbocycles. The van der Waals surface area contributed by atoms with Gasteiger partial charge in [0.25, 0.3) is 0 Å². The van der Waals surface area contributed by atoms with Gasteiger partial charge in [-0.2, -0.15) is 0 Å². The number of carbonyl (C=O) groups excluding carboxylic acids is 1. The van der Waals surface area contributed by atoms with Crippen LogP contribution in [0.15, 0.2) is 43.0 Å². The van der Waals surface area contributed by atoms with Gasteiger partial charge in [0.1, 0.15) is 12.1 Å². The first kappa shape index (κ1) is 18.7. The first-order valence-corrected chi connectivity index (χ1v) is 7.55. The number of ether oxygens (including phenoxy) is 1. The quantitative estimate of drug-likeness (QED) is 0.454. The second-order valence-corrected chi connectivity index (χ2v) is 5.40. The van der Waals surface area contributed by atoms with E-state index < -0.39 is 17.6 Å². The van der Waals surface area contributed by atoms with Crippen molar-refractivity contribution in [3.8, 4) is 0 Å². The number of carbonyl (C=O) groups is 2. The number of alkyl carbamates (subject to hydrolysis) is 1. The zero-order valence-corrected chi connectivity index (χ0v) is 13.2. The highest BCUT2D eigenvalue weighted by atomic mass is 16.5. The fraction of sp³-hybridized carbons (Fsp3) is 0.412. The smallest absolute Gasteiger partial charge is 0.407 e. The van der Waals surface area contributed by atoms with E-state index in [9.17, 15) is 9.59 Å². The normalized spacial score (nSPS) is 12.9. The van der Waals surface area contributed by atoms with Gasteiger partial charge in [0.2, 0.25) is 0 Å². The highest BCUT2D eigenvalue weighted by molar-refractivity contribution is 5.78. The van der Waals surface area contributed by atoms with E-state index in [1.807, 2.05) is 30.3 Å². The molecule has 0 radical (unpaired) electrons. The van der Waals surface area contributed by atoms with Crippen molar-refractivity contribution in [3.05, 3.63) is 48.6 Å². The van der Waals surface area contributed by atoms with Crippen molar-refractivity contribution in [1.29, 1.82) is 0 Å². The summed E-state index contributed by atoms with van der Waals surface area (Å²) >= 11 is 0. The Kier molecular flexibility index (Phi) is 7.83. The molecule has 0 heterocycles. The van der Waals surface area contributed by atoms with Crippen LogP contribution in [-0.4, -0.2) is 29.3 Å². The summed E-state index contributed by atoms with van der Waals surface area (Å²) in [7, 11) is 0. The van der Waals surface area contributed by atoms with Crippen LogP contribution >= 0.6 is 0 Å². The molecule has 0 aliphatic heterocycles. The monoisotopic (exact) mass is 320 g/mol. The molecule has 4 N–H and O–H groups in total. The minimum Gasteiger partial charge on any atom is -0.480 e. The summed E-state index contributed by atoms with van der Waals surface area (Å²) in [5, 5.41) is 11.8. The first-order valence-electron chi connectivity index (χ1n) is 7.55. The Bertz CT molecular complexity index is 519. The molecule has 126 valence electrons. The van der Waals surface area contributed by atoms with E-state index in [0.717, 1.165) is 5.56 Å². The number of carboxylic acid groups (broad SMARTS) is 1. The maximum absolute atomic E-state index is 11.5. The van der Waals surface area contributed by atoms with Crippen molar-refractivity contribution < 1.29 is 19.4 Å². The Morgan fingerprint density at radius 3 is 2.61 bits per heavy atom. The van der Waals surface area contributed by atoms with E-state index in [2.05, 4.69) is 11.9 Å². The van der Waals surface area contributed by atoms with Crippen molar-refractivity contribution in [1.82, 2.24) is 5.32 Å². The molecule has 0 spiro atoms. The number of unbranched alkanes of at least 4 members (excludes halogenated alkanes) is 1. The van der Waals surface area contributed by atoms with Crippen molar-refractivity contribution in [2.75, 3.05) is 6.54 Å². The first-order chi connectivity index (χ1) is 11.0. The summed E-state index contributed by atoms with van der Waals surface area (Å²) in [6.45, 7) is 4.16. The predicted molar refractivity (Wildman–Crippen MR) is 87.8 cm³/mol. The van der Waals surface area contributed by atoms with Gasteiger partial charge in [-0.3, -0.25) is 4.79 Å². The van der Waals surface area contributed by atoms with Gasteiger partial charge in [-0.25, -0.2) is 4.79 Å². The van der Waals surface area contributed by atoms with Gasteiger partial charge in [0, 0.05) is 6.54 Å². The van der Waals surface area contributed by atoms with E-state index in [-0.39, 0.29) is 13.0 Å². The summed E-state index contributed by atoms with van der Waals surface area (Å²) < 4.78 is 5.07. The summed E-state index contributed by atoms with van der Waals surface area (Å²) in [5.74, 6) is -1.03. The molecular weight excluding hydrogens is 296 g/mol. The fourth-order valence-electron chi connectivity index (χ4n) is 2.08. The Morgan fingerprint density at radius 2 is 2.00 bits per heavy atom. The number of carboxylic acids is 1. The lowest BCUT2D eigenvalue weighted by molar-refractivity contribution is -0.143. The van der Waals surface area contributed by atoms with Crippen LogP contribution in [0, 0.1) is 0 Å². The molecule has 1 aromatic carbocycles. The Balaban J connectivity index is 2.17. The predicted octanol–water partition coefficient (Wildman–Crippen LogP) is 2.44. The van der Waals surface area contributed by atoms with E-state index in [1.54, 1.807) is 0 Å².